The lowest BCUT2D eigenvalue weighted by Gasteiger charge is -2.35. The third-order valence-corrected chi connectivity index (χ3v) is 3.42. The molecule has 8 nitrogen and oxygen atoms in total. The van der Waals surface area contributed by atoms with Gasteiger partial charge in [0.15, 0.2) is 0 Å². The van der Waals surface area contributed by atoms with Gasteiger partial charge in [0.1, 0.15) is 26.6 Å². The van der Waals surface area contributed by atoms with Crippen LogP contribution in [0.15, 0.2) is 13.2 Å². The summed E-state index contributed by atoms with van der Waals surface area (Å²) in [5, 5.41) is 18.5. The lowest BCUT2D eigenvalue weighted by Crippen LogP contribution is -2.51. The molecule has 128 valence electrons. The summed E-state index contributed by atoms with van der Waals surface area (Å²) >= 11 is 0. The van der Waals surface area contributed by atoms with E-state index >= 15 is 0 Å². The van der Waals surface area contributed by atoms with Gasteiger partial charge in [-0.2, -0.15) is 0 Å². The standard InChI is InChI=1S/C10H25N2O6P.C2H4/c1-10(14)7-11(9-13)8-12(2,3)5-6-18-19(15,16)17-4;1-2/h10,13-14H,5-9H2,1-4H3;1-2H2. The van der Waals surface area contributed by atoms with Gasteiger partial charge in [-0.1, -0.05) is 0 Å². The van der Waals surface area contributed by atoms with Crippen LogP contribution < -0.4 is 4.89 Å². The second kappa shape index (κ2) is 11.3. The summed E-state index contributed by atoms with van der Waals surface area (Å²) in [4.78, 5) is 12.7. The van der Waals surface area contributed by atoms with Gasteiger partial charge >= 0.3 is 0 Å². The number of likely N-dealkylation sites (N-methyl/N-ethyl adjacent to an activating group) is 1. The molecule has 0 heterocycles. The Labute approximate surface area is 127 Å². The largest absolute Gasteiger partial charge is 0.756 e. The second-order valence-electron chi connectivity index (χ2n) is 5.11. The summed E-state index contributed by atoms with van der Waals surface area (Å²) < 4.78 is 20.3. The Morgan fingerprint density at radius 1 is 1.43 bits per heavy atom. The summed E-state index contributed by atoms with van der Waals surface area (Å²) in [6.07, 6.45) is -0.543. The van der Waals surface area contributed by atoms with E-state index in [0.717, 1.165) is 7.11 Å². The number of rotatable bonds is 10. The summed E-state index contributed by atoms with van der Waals surface area (Å²) in [6, 6.07) is 0. The molecule has 21 heavy (non-hydrogen) atoms. The van der Waals surface area contributed by atoms with Crippen LogP contribution in [0.5, 0.6) is 0 Å². The van der Waals surface area contributed by atoms with Crippen molar-refractivity contribution in [1.29, 1.82) is 0 Å². The summed E-state index contributed by atoms with van der Waals surface area (Å²) in [6.45, 7) is 8.68. The van der Waals surface area contributed by atoms with Crippen LogP contribution in [0.3, 0.4) is 0 Å². The molecule has 0 rings (SSSR count). The molecule has 0 amide bonds. The van der Waals surface area contributed by atoms with Gasteiger partial charge in [-0.05, 0) is 6.92 Å². The average Bonchev–Trinajstić information content (AvgIpc) is 2.39. The number of aliphatic hydroxyl groups is 2. The van der Waals surface area contributed by atoms with E-state index in [1.54, 1.807) is 11.8 Å². The normalized spacial score (nSPS) is 16.0. The molecule has 0 aromatic carbocycles. The van der Waals surface area contributed by atoms with E-state index in [1.165, 1.54) is 0 Å². The van der Waals surface area contributed by atoms with E-state index in [0.29, 0.717) is 24.2 Å². The second-order valence-corrected chi connectivity index (χ2v) is 6.63. The molecule has 2 atom stereocenters. The van der Waals surface area contributed by atoms with Crippen molar-refractivity contribution in [2.45, 2.75) is 13.0 Å². The summed E-state index contributed by atoms with van der Waals surface area (Å²) in [7, 11) is 0.603. The minimum Gasteiger partial charge on any atom is -0.756 e. The highest BCUT2D eigenvalue weighted by Crippen LogP contribution is 2.36. The van der Waals surface area contributed by atoms with Gasteiger partial charge in [-0.15, -0.1) is 13.2 Å². The van der Waals surface area contributed by atoms with E-state index in [-0.39, 0.29) is 13.3 Å². The molecule has 2 N–H and O–H groups in total. The fourth-order valence-corrected chi connectivity index (χ4v) is 2.01. The summed E-state index contributed by atoms with van der Waals surface area (Å²) in [5.74, 6) is 0. The van der Waals surface area contributed by atoms with E-state index in [4.69, 9.17) is 0 Å². The highest BCUT2D eigenvalue weighted by atomic mass is 31.2. The topological polar surface area (TPSA) is 102 Å². The van der Waals surface area contributed by atoms with Crippen molar-refractivity contribution in [3.63, 3.8) is 0 Å². The number of nitrogens with zero attached hydrogens (tertiary/aromatic N) is 2. The third-order valence-electron chi connectivity index (χ3n) is 2.47. The van der Waals surface area contributed by atoms with Gasteiger partial charge in [-0.25, -0.2) is 4.90 Å². The smallest absolute Gasteiger partial charge is 0.267 e. The Balaban J connectivity index is 0. The van der Waals surface area contributed by atoms with E-state index in [2.05, 4.69) is 22.2 Å². The van der Waals surface area contributed by atoms with Crippen molar-refractivity contribution >= 4 is 7.82 Å². The van der Waals surface area contributed by atoms with Crippen molar-refractivity contribution in [2.24, 2.45) is 0 Å². The molecule has 2 unspecified atom stereocenters. The Morgan fingerprint density at radius 2 is 1.95 bits per heavy atom. The maximum Gasteiger partial charge on any atom is 0.267 e. The molecule has 0 saturated heterocycles. The first-order valence-corrected chi connectivity index (χ1v) is 7.92. The lowest BCUT2D eigenvalue weighted by molar-refractivity contribution is -0.901. The molecule has 0 aromatic heterocycles. The zero-order chi connectivity index (χ0) is 17.1. The number of aliphatic hydroxyl groups excluding tert-OH is 2. The predicted octanol–water partition coefficient (Wildman–Crippen LogP) is -0.413. The van der Waals surface area contributed by atoms with Crippen molar-refractivity contribution in [1.82, 2.24) is 4.90 Å². The molecule has 0 bridgehead atoms. The Morgan fingerprint density at radius 3 is 2.33 bits per heavy atom. The van der Waals surface area contributed by atoms with Gasteiger partial charge in [0.2, 0.25) is 0 Å². The Bertz CT molecular complexity index is 314. The number of quaternary nitrogens is 1. The number of phosphoric acid groups is 1. The number of hydrogen-bond donors (Lipinski definition) is 2. The van der Waals surface area contributed by atoms with E-state index in [1.807, 2.05) is 14.1 Å². The molecule has 0 saturated carbocycles. The molecular formula is C12H29N2O6P. The maximum atomic E-state index is 11.0. The van der Waals surface area contributed by atoms with Crippen LogP contribution in [-0.2, 0) is 13.6 Å². The minimum atomic E-state index is -4.19. The highest BCUT2D eigenvalue weighted by Gasteiger charge is 2.21. The average molecular weight is 328 g/mol. The van der Waals surface area contributed by atoms with Gasteiger partial charge in [0.05, 0.1) is 20.2 Å². The molecule has 0 aliphatic rings. The summed E-state index contributed by atoms with van der Waals surface area (Å²) in [5.41, 5.74) is 0. The van der Waals surface area contributed by atoms with Crippen LogP contribution in [0.25, 0.3) is 0 Å². The molecule has 0 aromatic rings. The minimum absolute atomic E-state index is 0.00440. The van der Waals surface area contributed by atoms with Crippen molar-refractivity contribution in [3.05, 3.63) is 13.2 Å². The lowest BCUT2D eigenvalue weighted by atomic mass is 10.4. The highest BCUT2D eigenvalue weighted by molar-refractivity contribution is 7.45. The van der Waals surface area contributed by atoms with Crippen molar-refractivity contribution < 1.29 is 33.2 Å². The van der Waals surface area contributed by atoms with Crippen LogP contribution in [0, 0.1) is 0 Å². The van der Waals surface area contributed by atoms with Crippen LogP contribution in [0.2, 0.25) is 0 Å². The molecule has 0 fully saturated rings. The van der Waals surface area contributed by atoms with Gasteiger partial charge in [0.25, 0.3) is 7.82 Å². The number of hydrogen-bond acceptors (Lipinski definition) is 7. The molecular weight excluding hydrogens is 299 g/mol. The Hall–Kier alpha value is -0.310. The first-order valence-electron chi connectivity index (χ1n) is 6.46. The molecule has 0 aliphatic carbocycles. The quantitative estimate of drug-likeness (QED) is 0.243. The predicted molar refractivity (Wildman–Crippen MR) is 79.1 cm³/mol. The first-order chi connectivity index (χ1) is 9.62. The van der Waals surface area contributed by atoms with Crippen molar-refractivity contribution in [3.8, 4) is 0 Å². The van der Waals surface area contributed by atoms with Crippen molar-refractivity contribution in [2.75, 3.05) is 54.3 Å². The maximum absolute atomic E-state index is 11.0. The molecule has 0 spiro atoms. The zero-order valence-corrected chi connectivity index (χ0v) is 14.3. The van der Waals surface area contributed by atoms with Crippen LogP contribution in [-0.4, -0.2) is 80.0 Å². The fourth-order valence-electron chi connectivity index (χ4n) is 1.60. The van der Waals surface area contributed by atoms with Crippen LogP contribution in [0.4, 0.5) is 0 Å². The molecule has 0 aliphatic heterocycles. The third kappa shape index (κ3) is 13.1. The number of phosphoric ester groups is 1. The SMILES string of the molecule is C=C.COP(=O)([O-])OCC[N+](C)(C)CN(CO)CC(C)O. The monoisotopic (exact) mass is 328 g/mol. The van der Waals surface area contributed by atoms with Gasteiger partial charge in [-0.3, -0.25) is 4.57 Å². The zero-order valence-electron chi connectivity index (χ0n) is 13.4. The fraction of sp³-hybridized carbons (Fsp3) is 0.833. The van der Waals surface area contributed by atoms with Gasteiger partial charge < -0.3 is 28.6 Å². The molecule has 0 radical (unpaired) electrons. The van der Waals surface area contributed by atoms with E-state index in [9.17, 15) is 19.7 Å². The molecule has 9 heteroatoms. The first kappa shape index (κ1) is 23.0. The van der Waals surface area contributed by atoms with E-state index < -0.39 is 13.9 Å². The Kier molecular flexibility index (Phi) is 12.3. The van der Waals surface area contributed by atoms with Gasteiger partial charge in [0, 0.05) is 13.7 Å². The van der Waals surface area contributed by atoms with Crippen LogP contribution in [0.1, 0.15) is 6.92 Å². The van der Waals surface area contributed by atoms with Crippen LogP contribution >= 0.6 is 7.82 Å².